The standard InChI is InChI=1S/C15H23ClN2O/c1-10(11(2)17)14(19)18-9-15(3,4)12-5-7-13(16)8-6-12/h5-8,10-11H,9,17H2,1-4H3,(H,18,19). The van der Waals surface area contributed by atoms with E-state index >= 15 is 0 Å². The topological polar surface area (TPSA) is 55.1 Å². The second kappa shape index (κ2) is 6.40. The summed E-state index contributed by atoms with van der Waals surface area (Å²) in [6.45, 7) is 8.44. The third-order valence-electron chi connectivity index (χ3n) is 3.53. The van der Waals surface area contributed by atoms with Gasteiger partial charge in [-0.2, -0.15) is 0 Å². The van der Waals surface area contributed by atoms with Crippen LogP contribution < -0.4 is 11.1 Å². The lowest BCUT2D eigenvalue weighted by atomic mass is 9.84. The molecule has 19 heavy (non-hydrogen) atoms. The first kappa shape index (κ1) is 16.0. The minimum absolute atomic E-state index is 0.00274. The number of rotatable bonds is 5. The lowest BCUT2D eigenvalue weighted by Gasteiger charge is -2.27. The van der Waals surface area contributed by atoms with Gasteiger partial charge in [-0.25, -0.2) is 0 Å². The monoisotopic (exact) mass is 282 g/mol. The van der Waals surface area contributed by atoms with Crippen molar-refractivity contribution in [1.82, 2.24) is 5.32 Å². The van der Waals surface area contributed by atoms with Gasteiger partial charge in [0.15, 0.2) is 0 Å². The molecule has 0 spiro atoms. The Morgan fingerprint density at radius 3 is 2.32 bits per heavy atom. The third-order valence-corrected chi connectivity index (χ3v) is 3.78. The Hall–Kier alpha value is -1.06. The average Bonchev–Trinajstić information content (AvgIpc) is 2.35. The molecule has 0 fully saturated rings. The second-order valence-corrected chi connectivity index (χ2v) is 6.19. The zero-order chi connectivity index (χ0) is 14.6. The van der Waals surface area contributed by atoms with Crippen LogP contribution in [-0.2, 0) is 10.2 Å². The van der Waals surface area contributed by atoms with E-state index in [-0.39, 0.29) is 23.3 Å². The number of hydrogen-bond acceptors (Lipinski definition) is 2. The van der Waals surface area contributed by atoms with Crippen LogP contribution in [0.15, 0.2) is 24.3 Å². The molecule has 3 N–H and O–H groups in total. The van der Waals surface area contributed by atoms with Crippen molar-refractivity contribution in [3.05, 3.63) is 34.9 Å². The van der Waals surface area contributed by atoms with Crippen molar-refractivity contribution < 1.29 is 4.79 Å². The summed E-state index contributed by atoms with van der Waals surface area (Å²) in [4.78, 5) is 11.9. The molecule has 1 aromatic carbocycles. The second-order valence-electron chi connectivity index (χ2n) is 5.76. The maximum Gasteiger partial charge on any atom is 0.224 e. The van der Waals surface area contributed by atoms with Crippen molar-refractivity contribution in [2.75, 3.05) is 6.54 Å². The summed E-state index contributed by atoms with van der Waals surface area (Å²) in [6, 6.07) is 7.57. The van der Waals surface area contributed by atoms with Crippen molar-refractivity contribution in [3.8, 4) is 0 Å². The van der Waals surface area contributed by atoms with Crippen LogP contribution in [0.5, 0.6) is 0 Å². The summed E-state index contributed by atoms with van der Waals surface area (Å²) in [7, 11) is 0. The zero-order valence-electron chi connectivity index (χ0n) is 12.0. The number of amides is 1. The van der Waals surface area contributed by atoms with Gasteiger partial charge in [0.2, 0.25) is 5.91 Å². The Morgan fingerprint density at radius 2 is 1.84 bits per heavy atom. The van der Waals surface area contributed by atoms with Crippen molar-refractivity contribution in [2.45, 2.75) is 39.2 Å². The van der Waals surface area contributed by atoms with Gasteiger partial charge in [-0.15, -0.1) is 0 Å². The summed E-state index contributed by atoms with van der Waals surface area (Å²) < 4.78 is 0. The van der Waals surface area contributed by atoms with E-state index in [9.17, 15) is 4.79 Å². The number of carbonyl (C=O) groups is 1. The molecule has 0 saturated carbocycles. The fourth-order valence-electron chi connectivity index (χ4n) is 1.71. The maximum atomic E-state index is 11.9. The van der Waals surface area contributed by atoms with Gasteiger partial charge in [0, 0.05) is 28.9 Å². The summed E-state index contributed by atoms with van der Waals surface area (Å²) in [5, 5.41) is 3.68. The smallest absolute Gasteiger partial charge is 0.224 e. The largest absolute Gasteiger partial charge is 0.355 e. The molecule has 2 unspecified atom stereocenters. The first-order valence-corrected chi connectivity index (χ1v) is 6.91. The minimum Gasteiger partial charge on any atom is -0.355 e. The van der Waals surface area contributed by atoms with Crippen molar-refractivity contribution in [1.29, 1.82) is 0 Å². The molecule has 2 atom stereocenters. The summed E-state index contributed by atoms with van der Waals surface area (Å²) in [6.07, 6.45) is 0. The Balaban J connectivity index is 2.65. The highest BCUT2D eigenvalue weighted by Crippen LogP contribution is 2.24. The van der Waals surface area contributed by atoms with Crippen LogP contribution in [0.4, 0.5) is 0 Å². The SMILES string of the molecule is CC(N)C(C)C(=O)NCC(C)(C)c1ccc(Cl)cc1. The number of halogens is 1. The number of benzene rings is 1. The van der Waals surface area contributed by atoms with E-state index in [1.165, 1.54) is 0 Å². The van der Waals surface area contributed by atoms with Gasteiger partial charge >= 0.3 is 0 Å². The van der Waals surface area contributed by atoms with Gasteiger partial charge in [-0.3, -0.25) is 4.79 Å². The molecule has 0 radical (unpaired) electrons. The molecule has 0 aliphatic carbocycles. The van der Waals surface area contributed by atoms with Crippen molar-refractivity contribution >= 4 is 17.5 Å². The van der Waals surface area contributed by atoms with Crippen LogP contribution >= 0.6 is 11.6 Å². The van der Waals surface area contributed by atoms with Crippen LogP contribution in [0, 0.1) is 5.92 Å². The van der Waals surface area contributed by atoms with Gasteiger partial charge in [0.05, 0.1) is 0 Å². The van der Waals surface area contributed by atoms with Gasteiger partial charge in [0.1, 0.15) is 0 Å². The summed E-state index contributed by atoms with van der Waals surface area (Å²) in [5.41, 5.74) is 6.73. The first-order valence-electron chi connectivity index (χ1n) is 6.53. The van der Waals surface area contributed by atoms with E-state index in [2.05, 4.69) is 19.2 Å². The molecule has 0 aromatic heterocycles. The normalized spacial score (nSPS) is 14.8. The van der Waals surface area contributed by atoms with E-state index in [0.717, 1.165) is 5.56 Å². The molecule has 4 heteroatoms. The van der Waals surface area contributed by atoms with Gasteiger partial charge in [0.25, 0.3) is 0 Å². The van der Waals surface area contributed by atoms with Gasteiger partial charge in [-0.1, -0.05) is 44.5 Å². The molecule has 3 nitrogen and oxygen atoms in total. The molecular formula is C15H23ClN2O. The maximum absolute atomic E-state index is 11.9. The van der Waals surface area contributed by atoms with E-state index in [1.54, 1.807) is 0 Å². The first-order chi connectivity index (χ1) is 8.74. The third kappa shape index (κ3) is 4.51. The highest BCUT2D eigenvalue weighted by Gasteiger charge is 2.23. The van der Waals surface area contributed by atoms with Crippen LogP contribution in [0.1, 0.15) is 33.3 Å². The number of nitrogens with one attached hydrogen (secondary N) is 1. The molecular weight excluding hydrogens is 260 g/mol. The van der Waals surface area contributed by atoms with Crippen LogP contribution in [0.25, 0.3) is 0 Å². The molecule has 0 bridgehead atoms. The molecule has 1 rings (SSSR count). The highest BCUT2D eigenvalue weighted by molar-refractivity contribution is 6.30. The molecule has 106 valence electrons. The van der Waals surface area contributed by atoms with Crippen molar-refractivity contribution in [2.24, 2.45) is 11.7 Å². The zero-order valence-corrected chi connectivity index (χ0v) is 12.8. The van der Waals surface area contributed by atoms with Gasteiger partial charge in [-0.05, 0) is 24.6 Å². The Kier molecular flexibility index (Phi) is 5.39. The molecule has 1 aromatic rings. The molecule has 0 saturated heterocycles. The van der Waals surface area contributed by atoms with E-state index in [1.807, 2.05) is 38.1 Å². The lowest BCUT2D eigenvalue weighted by molar-refractivity contribution is -0.125. The Bertz CT molecular complexity index is 426. The molecule has 1 amide bonds. The highest BCUT2D eigenvalue weighted by atomic mass is 35.5. The fourth-order valence-corrected chi connectivity index (χ4v) is 1.84. The van der Waals surface area contributed by atoms with Gasteiger partial charge < -0.3 is 11.1 Å². The van der Waals surface area contributed by atoms with Crippen LogP contribution in [0.3, 0.4) is 0 Å². The van der Waals surface area contributed by atoms with Crippen LogP contribution in [-0.4, -0.2) is 18.5 Å². The fraction of sp³-hybridized carbons (Fsp3) is 0.533. The van der Waals surface area contributed by atoms with Crippen LogP contribution in [0.2, 0.25) is 5.02 Å². The summed E-state index contributed by atoms with van der Waals surface area (Å²) in [5.74, 6) is -0.182. The van der Waals surface area contributed by atoms with E-state index in [4.69, 9.17) is 17.3 Å². The molecule has 0 aliphatic heterocycles. The average molecular weight is 283 g/mol. The predicted molar refractivity (Wildman–Crippen MR) is 80.3 cm³/mol. The minimum atomic E-state index is -0.180. The summed E-state index contributed by atoms with van der Waals surface area (Å²) >= 11 is 5.88. The number of carbonyl (C=O) groups excluding carboxylic acids is 1. The quantitative estimate of drug-likeness (QED) is 0.872. The Labute approximate surface area is 120 Å². The lowest BCUT2D eigenvalue weighted by Crippen LogP contribution is -2.43. The predicted octanol–water partition coefficient (Wildman–Crippen LogP) is 2.72. The molecule has 0 aliphatic rings. The molecule has 0 heterocycles. The number of nitrogens with two attached hydrogens (primary N) is 1. The van der Waals surface area contributed by atoms with E-state index in [0.29, 0.717) is 11.6 Å². The number of hydrogen-bond donors (Lipinski definition) is 2. The Morgan fingerprint density at radius 1 is 1.32 bits per heavy atom. The van der Waals surface area contributed by atoms with E-state index < -0.39 is 0 Å². The van der Waals surface area contributed by atoms with Crippen molar-refractivity contribution in [3.63, 3.8) is 0 Å².